The first kappa shape index (κ1) is 13.6. The average Bonchev–Trinajstić information content (AvgIpc) is 2.27. The molecule has 0 heterocycles. The van der Waals surface area contributed by atoms with E-state index in [9.17, 15) is 4.79 Å². The Bertz CT molecular complexity index is 325. The summed E-state index contributed by atoms with van der Waals surface area (Å²) >= 11 is 0. The van der Waals surface area contributed by atoms with E-state index >= 15 is 0 Å². The number of hydrogen-bond acceptors (Lipinski definition) is 1. The fourth-order valence-corrected chi connectivity index (χ4v) is 1.90. The van der Waals surface area contributed by atoms with Crippen molar-refractivity contribution in [2.24, 2.45) is 0 Å². The van der Waals surface area contributed by atoms with Gasteiger partial charge in [-0.1, -0.05) is 44.1 Å². The van der Waals surface area contributed by atoms with Crippen molar-refractivity contribution in [3.63, 3.8) is 0 Å². The number of hydrogen-bond donors (Lipinski definition) is 2. The molecule has 3 heteroatoms. The molecular formula is C14H22N2O. The third-order valence-electron chi connectivity index (χ3n) is 2.78. The lowest BCUT2D eigenvalue weighted by atomic mass is 9.96. The zero-order chi connectivity index (χ0) is 12.7. The molecule has 0 saturated heterocycles. The first-order valence-corrected chi connectivity index (χ1v) is 6.18. The van der Waals surface area contributed by atoms with Crippen molar-refractivity contribution in [1.82, 2.24) is 10.6 Å². The maximum absolute atomic E-state index is 11.6. The Morgan fingerprint density at radius 1 is 1.18 bits per heavy atom. The molecule has 0 spiro atoms. The maximum Gasteiger partial charge on any atom is 0.319 e. The summed E-state index contributed by atoms with van der Waals surface area (Å²) in [5, 5.41) is 5.68. The number of rotatable bonds is 4. The SMILES string of the molecule is C=C(C)/C=C\C(=C)NC(=O)NC1CCCCC1. The summed E-state index contributed by atoms with van der Waals surface area (Å²) in [6.07, 6.45) is 9.45. The second kappa shape index (κ2) is 6.94. The van der Waals surface area contributed by atoms with Crippen molar-refractivity contribution in [3.05, 3.63) is 36.6 Å². The molecule has 17 heavy (non-hydrogen) atoms. The first-order chi connectivity index (χ1) is 8.08. The molecule has 0 bridgehead atoms. The van der Waals surface area contributed by atoms with Crippen LogP contribution in [0, 0.1) is 0 Å². The second-order valence-corrected chi connectivity index (χ2v) is 4.64. The summed E-state index contributed by atoms with van der Waals surface area (Å²) in [6.45, 7) is 9.40. The summed E-state index contributed by atoms with van der Waals surface area (Å²) in [7, 11) is 0. The topological polar surface area (TPSA) is 41.1 Å². The van der Waals surface area contributed by atoms with Gasteiger partial charge in [-0.3, -0.25) is 0 Å². The van der Waals surface area contributed by atoms with E-state index in [4.69, 9.17) is 0 Å². The van der Waals surface area contributed by atoms with Crippen LogP contribution < -0.4 is 10.6 Å². The second-order valence-electron chi connectivity index (χ2n) is 4.64. The normalized spacial score (nSPS) is 16.8. The number of amides is 2. The Balaban J connectivity index is 2.28. The highest BCUT2D eigenvalue weighted by atomic mass is 16.2. The van der Waals surface area contributed by atoms with Crippen LogP contribution >= 0.6 is 0 Å². The van der Waals surface area contributed by atoms with Crippen LogP contribution in [0.15, 0.2) is 36.6 Å². The number of allylic oxidation sites excluding steroid dienone is 3. The van der Waals surface area contributed by atoms with E-state index in [1.54, 1.807) is 6.08 Å². The highest BCUT2D eigenvalue weighted by Crippen LogP contribution is 2.17. The lowest BCUT2D eigenvalue weighted by Gasteiger charge is -2.22. The Kier molecular flexibility index (Phi) is 5.53. The minimum Gasteiger partial charge on any atom is -0.335 e. The Morgan fingerprint density at radius 3 is 2.41 bits per heavy atom. The Morgan fingerprint density at radius 2 is 1.82 bits per heavy atom. The van der Waals surface area contributed by atoms with Crippen LogP contribution in [-0.4, -0.2) is 12.1 Å². The number of urea groups is 1. The molecule has 1 saturated carbocycles. The summed E-state index contributed by atoms with van der Waals surface area (Å²) in [4.78, 5) is 11.6. The van der Waals surface area contributed by atoms with Crippen molar-refractivity contribution >= 4 is 6.03 Å². The van der Waals surface area contributed by atoms with Crippen LogP contribution in [0.5, 0.6) is 0 Å². The van der Waals surface area contributed by atoms with Crippen LogP contribution in [0.2, 0.25) is 0 Å². The first-order valence-electron chi connectivity index (χ1n) is 6.18. The smallest absolute Gasteiger partial charge is 0.319 e. The van der Waals surface area contributed by atoms with Crippen LogP contribution in [0.1, 0.15) is 39.0 Å². The van der Waals surface area contributed by atoms with E-state index in [2.05, 4.69) is 23.8 Å². The molecule has 1 aliphatic rings. The van der Waals surface area contributed by atoms with Gasteiger partial charge >= 0.3 is 6.03 Å². The lowest BCUT2D eigenvalue weighted by Crippen LogP contribution is -2.42. The summed E-state index contributed by atoms with van der Waals surface area (Å²) in [6, 6.07) is 0.162. The standard InChI is InChI=1S/C14H22N2O/c1-11(2)9-10-12(3)15-14(17)16-13-7-5-4-6-8-13/h9-10,13H,1,3-8H2,2H3,(H2,15,16,17)/b10-9-. The molecule has 0 atom stereocenters. The molecule has 0 aromatic carbocycles. The van der Waals surface area contributed by atoms with Gasteiger partial charge in [0.1, 0.15) is 0 Å². The van der Waals surface area contributed by atoms with Crippen molar-refractivity contribution in [1.29, 1.82) is 0 Å². The lowest BCUT2D eigenvalue weighted by molar-refractivity contribution is 0.235. The zero-order valence-electron chi connectivity index (χ0n) is 10.6. The molecule has 0 aromatic heterocycles. The molecule has 0 aliphatic heterocycles. The summed E-state index contributed by atoms with van der Waals surface area (Å²) < 4.78 is 0. The predicted molar refractivity (Wildman–Crippen MR) is 71.6 cm³/mol. The van der Waals surface area contributed by atoms with Crippen LogP contribution in [0.4, 0.5) is 4.79 Å². The van der Waals surface area contributed by atoms with Crippen molar-refractivity contribution in [2.75, 3.05) is 0 Å². The van der Waals surface area contributed by atoms with Crippen LogP contribution in [0.25, 0.3) is 0 Å². The molecule has 3 nitrogen and oxygen atoms in total. The van der Waals surface area contributed by atoms with E-state index in [0.29, 0.717) is 11.7 Å². The van der Waals surface area contributed by atoms with Gasteiger partial charge in [0.05, 0.1) is 0 Å². The monoisotopic (exact) mass is 234 g/mol. The molecule has 0 radical (unpaired) electrons. The molecule has 1 aliphatic carbocycles. The van der Waals surface area contributed by atoms with Gasteiger partial charge in [0, 0.05) is 11.7 Å². The van der Waals surface area contributed by atoms with E-state index in [-0.39, 0.29) is 6.03 Å². The minimum atomic E-state index is -0.159. The van der Waals surface area contributed by atoms with E-state index in [0.717, 1.165) is 18.4 Å². The van der Waals surface area contributed by atoms with Gasteiger partial charge in [0.2, 0.25) is 0 Å². The van der Waals surface area contributed by atoms with Gasteiger partial charge in [0.15, 0.2) is 0 Å². The van der Waals surface area contributed by atoms with E-state index in [1.165, 1.54) is 19.3 Å². The van der Waals surface area contributed by atoms with Gasteiger partial charge in [0.25, 0.3) is 0 Å². The molecule has 0 aromatic rings. The molecule has 1 rings (SSSR count). The van der Waals surface area contributed by atoms with Gasteiger partial charge in [-0.25, -0.2) is 4.79 Å². The third-order valence-corrected chi connectivity index (χ3v) is 2.78. The van der Waals surface area contributed by atoms with E-state index in [1.807, 2.05) is 13.0 Å². The third kappa shape index (κ3) is 5.95. The summed E-state index contributed by atoms with van der Waals surface area (Å²) in [5.41, 5.74) is 1.52. The highest BCUT2D eigenvalue weighted by molar-refractivity contribution is 5.76. The zero-order valence-corrected chi connectivity index (χ0v) is 10.6. The number of nitrogens with one attached hydrogen (secondary N) is 2. The largest absolute Gasteiger partial charge is 0.335 e. The molecular weight excluding hydrogens is 212 g/mol. The van der Waals surface area contributed by atoms with Gasteiger partial charge in [-0.2, -0.15) is 0 Å². The van der Waals surface area contributed by atoms with Gasteiger partial charge in [-0.05, 0) is 25.8 Å². The van der Waals surface area contributed by atoms with Gasteiger partial charge < -0.3 is 10.6 Å². The quantitative estimate of drug-likeness (QED) is 0.720. The van der Waals surface area contributed by atoms with Crippen molar-refractivity contribution in [2.45, 2.75) is 45.1 Å². The van der Waals surface area contributed by atoms with Crippen molar-refractivity contribution < 1.29 is 4.79 Å². The highest BCUT2D eigenvalue weighted by Gasteiger charge is 2.15. The molecule has 0 unspecified atom stereocenters. The van der Waals surface area contributed by atoms with Crippen LogP contribution in [-0.2, 0) is 0 Å². The predicted octanol–water partition coefficient (Wildman–Crippen LogP) is 3.26. The summed E-state index contributed by atoms with van der Waals surface area (Å²) in [5.74, 6) is 0. The fraction of sp³-hybridized carbons (Fsp3) is 0.500. The molecule has 2 N–H and O–H groups in total. The maximum atomic E-state index is 11.6. The van der Waals surface area contributed by atoms with Crippen molar-refractivity contribution in [3.8, 4) is 0 Å². The van der Waals surface area contributed by atoms with Gasteiger partial charge in [-0.15, -0.1) is 0 Å². The molecule has 1 fully saturated rings. The Hall–Kier alpha value is -1.51. The Labute approximate surface area is 104 Å². The van der Waals surface area contributed by atoms with E-state index < -0.39 is 0 Å². The minimum absolute atomic E-state index is 0.159. The number of carbonyl (C=O) groups excluding carboxylic acids is 1. The number of carbonyl (C=O) groups is 1. The average molecular weight is 234 g/mol. The molecule has 94 valence electrons. The van der Waals surface area contributed by atoms with Crippen LogP contribution in [0.3, 0.4) is 0 Å². The molecule has 2 amide bonds. The fourth-order valence-electron chi connectivity index (χ4n) is 1.90.